The van der Waals surface area contributed by atoms with Gasteiger partial charge in [0, 0.05) is 55.7 Å². The zero-order chi connectivity index (χ0) is 22.2. The fourth-order valence-corrected chi connectivity index (χ4v) is 4.60. The van der Waals surface area contributed by atoms with Crippen molar-refractivity contribution in [3.63, 3.8) is 0 Å². The lowest BCUT2D eigenvalue weighted by molar-refractivity contribution is 0.0773. The predicted molar refractivity (Wildman–Crippen MR) is 131 cm³/mol. The first-order valence-electron chi connectivity index (χ1n) is 11.7. The molecule has 0 unspecified atom stereocenters. The van der Waals surface area contributed by atoms with Gasteiger partial charge in [0.05, 0.1) is 0 Å². The number of rotatable bonds is 8. The number of para-hydroxylation sites is 1. The van der Waals surface area contributed by atoms with Gasteiger partial charge in [0.2, 0.25) is 0 Å². The first-order chi connectivity index (χ1) is 15.1. The molecule has 1 fully saturated rings. The van der Waals surface area contributed by atoms with Crippen LogP contribution >= 0.6 is 0 Å². The largest absolute Gasteiger partial charge is 0.339 e. The van der Waals surface area contributed by atoms with Crippen LogP contribution in [-0.2, 0) is 0 Å². The second-order valence-corrected chi connectivity index (χ2v) is 8.39. The highest BCUT2D eigenvalue weighted by atomic mass is 16.2. The summed E-state index contributed by atoms with van der Waals surface area (Å²) >= 11 is 0. The van der Waals surface area contributed by atoms with E-state index < -0.39 is 0 Å². The fraction of sp³-hybridized carbons (Fsp3) is 0.444. The summed E-state index contributed by atoms with van der Waals surface area (Å²) in [6.45, 7) is 13.2. The van der Waals surface area contributed by atoms with Crippen LogP contribution in [0.2, 0.25) is 0 Å². The van der Waals surface area contributed by atoms with Crippen molar-refractivity contribution < 1.29 is 4.79 Å². The minimum absolute atomic E-state index is 0.105. The Kier molecular flexibility index (Phi) is 8.30. The number of likely N-dealkylation sites (tertiary alicyclic amines) is 1. The number of amides is 1. The molecule has 2 aromatic rings. The Morgan fingerprint density at radius 1 is 1.03 bits per heavy atom. The lowest BCUT2D eigenvalue weighted by Gasteiger charge is -2.43. The van der Waals surface area contributed by atoms with Crippen molar-refractivity contribution >= 4 is 17.3 Å². The van der Waals surface area contributed by atoms with Crippen molar-refractivity contribution in [3.8, 4) is 0 Å². The van der Waals surface area contributed by atoms with Gasteiger partial charge in [-0.05, 0) is 69.5 Å². The summed E-state index contributed by atoms with van der Waals surface area (Å²) in [6.07, 6.45) is 5.50. The van der Waals surface area contributed by atoms with E-state index in [0.29, 0.717) is 12.0 Å². The van der Waals surface area contributed by atoms with Crippen LogP contribution in [0.5, 0.6) is 0 Å². The zero-order valence-corrected chi connectivity index (χ0v) is 19.5. The van der Waals surface area contributed by atoms with Gasteiger partial charge < -0.3 is 9.80 Å². The molecule has 1 aliphatic heterocycles. The van der Waals surface area contributed by atoms with Gasteiger partial charge in [-0.2, -0.15) is 0 Å². The molecule has 1 saturated heterocycles. The molecule has 2 aromatic carbocycles. The molecule has 1 amide bonds. The number of nitrogens with zero attached hydrogens (tertiary/aromatic N) is 3. The van der Waals surface area contributed by atoms with Gasteiger partial charge in [0.1, 0.15) is 0 Å². The molecule has 0 aromatic heterocycles. The minimum Gasteiger partial charge on any atom is -0.339 e. The van der Waals surface area contributed by atoms with Crippen molar-refractivity contribution in [1.82, 2.24) is 9.80 Å². The van der Waals surface area contributed by atoms with E-state index in [1.807, 2.05) is 30.9 Å². The summed E-state index contributed by atoms with van der Waals surface area (Å²) < 4.78 is 0. The fourth-order valence-electron chi connectivity index (χ4n) is 4.60. The van der Waals surface area contributed by atoms with E-state index >= 15 is 0 Å². The van der Waals surface area contributed by atoms with E-state index in [2.05, 4.69) is 78.3 Å². The molecule has 0 N–H and O–H groups in total. The minimum atomic E-state index is 0.105. The van der Waals surface area contributed by atoms with Crippen molar-refractivity contribution in [3.05, 3.63) is 72.3 Å². The summed E-state index contributed by atoms with van der Waals surface area (Å²) in [7, 11) is 0. The number of benzene rings is 2. The van der Waals surface area contributed by atoms with Crippen molar-refractivity contribution in [2.75, 3.05) is 37.6 Å². The van der Waals surface area contributed by atoms with Gasteiger partial charge in [-0.25, -0.2) is 0 Å². The van der Waals surface area contributed by atoms with E-state index in [0.717, 1.165) is 50.4 Å². The zero-order valence-electron chi connectivity index (χ0n) is 19.5. The highest BCUT2D eigenvalue weighted by Crippen LogP contribution is 2.34. The monoisotopic (exact) mass is 419 g/mol. The molecule has 0 spiro atoms. The highest BCUT2D eigenvalue weighted by Gasteiger charge is 2.31. The van der Waals surface area contributed by atoms with Gasteiger partial charge in [-0.1, -0.05) is 37.3 Å². The van der Waals surface area contributed by atoms with Gasteiger partial charge in [-0.3, -0.25) is 9.69 Å². The number of allylic oxidation sites excluding steroid dienone is 1. The maximum atomic E-state index is 12.7. The SMILES string of the molecule is C/C=C/CN1CC[C@@H](N(c2ccccc2)c2ccc(C(=O)N(CC)CC)cc2)[C@@H](C)C1. The Morgan fingerprint density at radius 2 is 1.68 bits per heavy atom. The molecular weight excluding hydrogens is 382 g/mol. The Balaban J connectivity index is 1.86. The lowest BCUT2D eigenvalue weighted by atomic mass is 9.91. The summed E-state index contributed by atoms with van der Waals surface area (Å²) in [5.41, 5.74) is 3.12. The number of piperidine rings is 1. The smallest absolute Gasteiger partial charge is 0.253 e. The number of hydrogen-bond donors (Lipinski definition) is 0. The van der Waals surface area contributed by atoms with E-state index in [9.17, 15) is 4.79 Å². The Hall–Kier alpha value is -2.59. The molecule has 4 nitrogen and oxygen atoms in total. The lowest BCUT2D eigenvalue weighted by Crippen LogP contribution is -2.48. The van der Waals surface area contributed by atoms with Crippen molar-refractivity contribution in [1.29, 1.82) is 0 Å². The quantitative estimate of drug-likeness (QED) is 0.522. The molecule has 3 rings (SSSR count). The van der Waals surface area contributed by atoms with Crippen LogP contribution in [0.25, 0.3) is 0 Å². The first kappa shape index (κ1) is 23.1. The average Bonchev–Trinajstić information content (AvgIpc) is 2.81. The maximum absolute atomic E-state index is 12.7. The third-order valence-corrected chi connectivity index (χ3v) is 6.35. The molecule has 2 atom stereocenters. The number of anilines is 2. The maximum Gasteiger partial charge on any atom is 0.253 e. The number of hydrogen-bond acceptors (Lipinski definition) is 3. The molecule has 0 saturated carbocycles. The van der Waals surface area contributed by atoms with Crippen LogP contribution in [-0.4, -0.2) is 54.5 Å². The normalized spacial score (nSPS) is 19.5. The molecular formula is C27H37N3O. The molecule has 0 aliphatic carbocycles. The summed E-state index contributed by atoms with van der Waals surface area (Å²) in [6, 6.07) is 19.3. The first-order valence-corrected chi connectivity index (χ1v) is 11.7. The van der Waals surface area contributed by atoms with E-state index in [1.54, 1.807) is 0 Å². The summed E-state index contributed by atoms with van der Waals surface area (Å²) in [5.74, 6) is 0.643. The standard InChI is InChI=1S/C27H37N3O/c1-5-8-19-28-20-18-26(22(4)21-28)30(24-12-10-9-11-13-24)25-16-14-23(15-17-25)27(31)29(6-2)7-3/h5,8-17,22,26H,6-7,18-21H2,1-4H3/b8-5+/t22-,26+/m0/s1. The molecule has 0 bridgehead atoms. The van der Waals surface area contributed by atoms with Gasteiger partial charge in [0.15, 0.2) is 0 Å². The second-order valence-electron chi connectivity index (χ2n) is 8.39. The van der Waals surface area contributed by atoms with Crippen LogP contribution in [0.15, 0.2) is 66.7 Å². The molecule has 1 aliphatic rings. The Labute approximate surface area is 188 Å². The van der Waals surface area contributed by atoms with Crippen LogP contribution in [0.1, 0.15) is 44.5 Å². The van der Waals surface area contributed by atoms with Crippen LogP contribution in [0, 0.1) is 5.92 Å². The molecule has 0 radical (unpaired) electrons. The average molecular weight is 420 g/mol. The van der Waals surface area contributed by atoms with Crippen molar-refractivity contribution in [2.45, 2.75) is 40.2 Å². The number of carbonyl (C=O) groups excluding carboxylic acids is 1. The summed E-state index contributed by atoms with van der Waals surface area (Å²) in [5, 5.41) is 0. The predicted octanol–water partition coefficient (Wildman–Crippen LogP) is 5.59. The number of carbonyl (C=O) groups is 1. The van der Waals surface area contributed by atoms with E-state index in [4.69, 9.17) is 0 Å². The molecule has 4 heteroatoms. The van der Waals surface area contributed by atoms with Crippen molar-refractivity contribution in [2.24, 2.45) is 5.92 Å². The molecule has 31 heavy (non-hydrogen) atoms. The van der Waals surface area contributed by atoms with Crippen LogP contribution in [0.4, 0.5) is 11.4 Å². The third kappa shape index (κ3) is 5.56. The van der Waals surface area contributed by atoms with E-state index in [-0.39, 0.29) is 5.91 Å². The topological polar surface area (TPSA) is 26.8 Å². The second kappa shape index (κ2) is 11.1. The van der Waals surface area contributed by atoms with Crippen LogP contribution in [0.3, 0.4) is 0 Å². The van der Waals surface area contributed by atoms with Gasteiger partial charge in [0.25, 0.3) is 5.91 Å². The Morgan fingerprint density at radius 3 is 2.26 bits per heavy atom. The third-order valence-electron chi connectivity index (χ3n) is 6.35. The van der Waals surface area contributed by atoms with Gasteiger partial charge >= 0.3 is 0 Å². The highest BCUT2D eigenvalue weighted by molar-refractivity contribution is 5.94. The molecule has 166 valence electrons. The molecule has 1 heterocycles. The van der Waals surface area contributed by atoms with E-state index in [1.165, 1.54) is 5.69 Å². The van der Waals surface area contributed by atoms with Crippen LogP contribution < -0.4 is 4.90 Å². The Bertz CT molecular complexity index is 843. The summed E-state index contributed by atoms with van der Waals surface area (Å²) in [4.78, 5) is 19.6. The van der Waals surface area contributed by atoms with Gasteiger partial charge in [-0.15, -0.1) is 0 Å².